The summed E-state index contributed by atoms with van der Waals surface area (Å²) in [6.07, 6.45) is -2.28. The molecule has 1 aliphatic rings. The molecular formula is C18H15F2NO5. The minimum absolute atomic E-state index is 0.0668. The number of halogens is 2. The first-order chi connectivity index (χ1) is 12.4. The number of carbonyl (C=O) groups is 2. The van der Waals surface area contributed by atoms with Crippen molar-refractivity contribution >= 4 is 17.6 Å². The summed E-state index contributed by atoms with van der Waals surface area (Å²) in [5.41, 5.74) is -0.343. The highest BCUT2D eigenvalue weighted by Gasteiger charge is 2.31. The summed E-state index contributed by atoms with van der Waals surface area (Å²) in [5.74, 6) is -2.23. The Bertz CT molecular complexity index is 842. The first-order valence-corrected chi connectivity index (χ1v) is 7.79. The van der Waals surface area contributed by atoms with Gasteiger partial charge in [-0.25, -0.2) is 13.6 Å². The summed E-state index contributed by atoms with van der Waals surface area (Å²) in [4.78, 5) is 24.2. The third kappa shape index (κ3) is 3.90. The molecule has 1 heterocycles. The van der Waals surface area contributed by atoms with E-state index in [1.165, 1.54) is 6.92 Å². The molecule has 0 saturated heterocycles. The van der Waals surface area contributed by atoms with E-state index in [-0.39, 0.29) is 12.3 Å². The maximum Gasteiger partial charge on any atom is 0.351 e. The van der Waals surface area contributed by atoms with Gasteiger partial charge in [0.05, 0.1) is 5.69 Å². The van der Waals surface area contributed by atoms with Crippen molar-refractivity contribution in [1.29, 1.82) is 0 Å². The van der Waals surface area contributed by atoms with Gasteiger partial charge < -0.3 is 19.5 Å². The van der Waals surface area contributed by atoms with E-state index in [9.17, 15) is 18.4 Å². The Morgan fingerprint density at radius 1 is 1.19 bits per heavy atom. The minimum atomic E-state index is -1.24. The lowest BCUT2D eigenvalue weighted by Gasteiger charge is -2.25. The van der Waals surface area contributed by atoms with E-state index in [1.54, 1.807) is 24.3 Å². The van der Waals surface area contributed by atoms with Gasteiger partial charge in [-0.05, 0) is 31.2 Å². The number of anilines is 1. The Morgan fingerprint density at radius 3 is 2.69 bits per heavy atom. The van der Waals surface area contributed by atoms with Crippen LogP contribution < -0.4 is 14.8 Å². The van der Waals surface area contributed by atoms with E-state index in [0.29, 0.717) is 11.5 Å². The fourth-order valence-corrected chi connectivity index (χ4v) is 2.27. The molecule has 0 aliphatic carbocycles. The van der Waals surface area contributed by atoms with Crippen LogP contribution in [0.25, 0.3) is 0 Å². The summed E-state index contributed by atoms with van der Waals surface area (Å²) in [7, 11) is 0. The molecule has 2 atom stereocenters. The third-order valence-electron chi connectivity index (χ3n) is 3.62. The zero-order chi connectivity index (χ0) is 18.7. The second-order valence-electron chi connectivity index (χ2n) is 5.56. The molecule has 1 aliphatic heterocycles. The van der Waals surface area contributed by atoms with E-state index in [0.717, 1.165) is 18.2 Å². The lowest BCUT2D eigenvalue weighted by Crippen LogP contribution is -2.41. The Labute approximate surface area is 147 Å². The second-order valence-corrected chi connectivity index (χ2v) is 5.56. The average molecular weight is 363 g/mol. The van der Waals surface area contributed by atoms with Crippen molar-refractivity contribution < 1.29 is 32.6 Å². The standard InChI is InChI=1S/C18H15F2NO5/c1-10(17(22)21-13-8-11(19)6-7-12(13)20)25-18(23)16-9-24-14-4-2-3-5-15(14)26-16/h2-8,10,16H,9H2,1H3,(H,21,22)/t10-,16+/m1/s1. The molecule has 1 amide bonds. The van der Waals surface area contributed by atoms with Crippen LogP contribution in [-0.4, -0.2) is 30.7 Å². The van der Waals surface area contributed by atoms with Crippen molar-refractivity contribution in [3.8, 4) is 11.5 Å². The summed E-state index contributed by atoms with van der Waals surface area (Å²) in [5, 5.41) is 2.17. The normalized spacial score (nSPS) is 16.5. The topological polar surface area (TPSA) is 73.9 Å². The van der Waals surface area contributed by atoms with Gasteiger partial charge in [0, 0.05) is 6.07 Å². The molecule has 0 saturated carbocycles. The number of para-hydroxylation sites is 2. The zero-order valence-electron chi connectivity index (χ0n) is 13.7. The Morgan fingerprint density at radius 2 is 1.92 bits per heavy atom. The number of hydrogen-bond acceptors (Lipinski definition) is 5. The van der Waals surface area contributed by atoms with Gasteiger partial charge in [-0.1, -0.05) is 12.1 Å². The first-order valence-electron chi connectivity index (χ1n) is 7.79. The molecule has 136 valence electrons. The molecule has 6 nitrogen and oxygen atoms in total. The van der Waals surface area contributed by atoms with Crippen LogP contribution in [0, 0.1) is 11.6 Å². The van der Waals surface area contributed by atoms with Gasteiger partial charge in [-0.3, -0.25) is 4.79 Å². The summed E-state index contributed by atoms with van der Waals surface area (Å²) < 4.78 is 42.6. The number of nitrogens with one attached hydrogen (secondary N) is 1. The number of hydrogen-bond donors (Lipinski definition) is 1. The van der Waals surface area contributed by atoms with E-state index in [1.807, 2.05) is 0 Å². The molecule has 0 bridgehead atoms. The van der Waals surface area contributed by atoms with E-state index >= 15 is 0 Å². The Hall–Kier alpha value is -3.16. The van der Waals surface area contributed by atoms with E-state index < -0.39 is 35.7 Å². The van der Waals surface area contributed by atoms with Crippen LogP contribution >= 0.6 is 0 Å². The number of rotatable bonds is 4. The first kappa shape index (κ1) is 17.7. The highest BCUT2D eigenvalue weighted by molar-refractivity contribution is 5.95. The van der Waals surface area contributed by atoms with Crippen LogP contribution in [0.3, 0.4) is 0 Å². The highest BCUT2D eigenvalue weighted by atomic mass is 19.1. The van der Waals surface area contributed by atoms with Crippen LogP contribution in [0.5, 0.6) is 11.5 Å². The number of ether oxygens (including phenoxy) is 3. The Balaban J connectivity index is 1.59. The third-order valence-corrected chi connectivity index (χ3v) is 3.62. The molecule has 2 aromatic rings. The molecule has 3 rings (SSSR count). The van der Waals surface area contributed by atoms with Crippen LogP contribution in [0.15, 0.2) is 42.5 Å². The lowest BCUT2D eigenvalue weighted by molar-refractivity contribution is -0.162. The molecule has 0 unspecified atom stereocenters. The van der Waals surface area contributed by atoms with Crippen molar-refractivity contribution in [2.45, 2.75) is 19.1 Å². The number of fused-ring (bicyclic) bond motifs is 1. The molecule has 0 spiro atoms. The van der Waals surface area contributed by atoms with Gasteiger partial charge in [0.25, 0.3) is 5.91 Å². The van der Waals surface area contributed by atoms with Crippen molar-refractivity contribution in [3.05, 3.63) is 54.1 Å². The van der Waals surface area contributed by atoms with Gasteiger partial charge in [-0.15, -0.1) is 0 Å². The van der Waals surface area contributed by atoms with Gasteiger partial charge in [0.1, 0.15) is 18.2 Å². The highest BCUT2D eigenvalue weighted by Crippen LogP contribution is 2.31. The molecule has 8 heteroatoms. The molecule has 1 N–H and O–H groups in total. The smallest absolute Gasteiger partial charge is 0.351 e. The average Bonchev–Trinajstić information content (AvgIpc) is 2.64. The SMILES string of the molecule is C[C@@H](OC(=O)[C@@H]1COc2ccccc2O1)C(=O)Nc1cc(F)ccc1F. The molecular weight excluding hydrogens is 348 g/mol. The van der Waals surface area contributed by atoms with Gasteiger partial charge in [0.15, 0.2) is 17.6 Å². The van der Waals surface area contributed by atoms with Crippen molar-refractivity contribution in [1.82, 2.24) is 0 Å². The van der Waals surface area contributed by atoms with Gasteiger partial charge >= 0.3 is 5.97 Å². The zero-order valence-corrected chi connectivity index (χ0v) is 13.7. The number of amides is 1. The quantitative estimate of drug-likeness (QED) is 0.846. The van der Waals surface area contributed by atoms with Crippen molar-refractivity contribution in [2.24, 2.45) is 0 Å². The second kappa shape index (κ2) is 7.38. The fraction of sp³-hybridized carbons (Fsp3) is 0.222. The monoisotopic (exact) mass is 363 g/mol. The lowest BCUT2D eigenvalue weighted by atomic mass is 10.2. The fourth-order valence-electron chi connectivity index (χ4n) is 2.27. The predicted molar refractivity (Wildman–Crippen MR) is 86.9 cm³/mol. The maximum atomic E-state index is 13.6. The maximum absolute atomic E-state index is 13.6. The molecule has 2 aromatic carbocycles. The van der Waals surface area contributed by atoms with Crippen molar-refractivity contribution in [2.75, 3.05) is 11.9 Å². The number of esters is 1. The largest absolute Gasteiger partial charge is 0.485 e. The summed E-state index contributed by atoms with van der Waals surface area (Å²) >= 11 is 0. The molecule has 0 radical (unpaired) electrons. The van der Waals surface area contributed by atoms with E-state index in [2.05, 4.69) is 5.32 Å². The summed E-state index contributed by atoms with van der Waals surface area (Å²) in [6, 6.07) is 9.45. The van der Waals surface area contributed by atoms with Crippen LogP contribution in [0.1, 0.15) is 6.92 Å². The Kier molecular flexibility index (Phi) is 5.01. The van der Waals surface area contributed by atoms with E-state index in [4.69, 9.17) is 14.2 Å². The van der Waals surface area contributed by atoms with Gasteiger partial charge in [0.2, 0.25) is 6.10 Å². The summed E-state index contributed by atoms with van der Waals surface area (Å²) in [6.45, 7) is 1.24. The molecule has 0 fully saturated rings. The molecule has 0 aromatic heterocycles. The number of benzene rings is 2. The van der Waals surface area contributed by atoms with Gasteiger partial charge in [-0.2, -0.15) is 0 Å². The predicted octanol–water partition coefficient (Wildman–Crippen LogP) is 2.67. The number of carbonyl (C=O) groups excluding carboxylic acids is 2. The van der Waals surface area contributed by atoms with Crippen LogP contribution in [0.2, 0.25) is 0 Å². The van der Waals surface area contributed by atoms with Crippen LogP contribution in [-0.2, 0) is 14.3 Å². The minimum Gasteiger partial charge on any atom is -0.485 e. The van der Waals surface area contributed by atoms with Crippen molar-refractivity contribution in [3.63, 3.8) is 0 Å². The van der Waals surface area contributed by atoms with Crippen LogP contribution in [0.4, 0.5) is 14.5 Å². The molecule has 26 heavy (non-hydrogen) atoms.